The minimum absolute atomic E-state index is 0.351. The lowest BCUT2D eigenvalue weighted by Crippen LogP contribution is -2.43. The van der Waals surface area contributed by atoms with E-state index in [2.05, 4.69) is 23.5 Å². The lowest BCUT2D eigenvalue weighted by Gasteiger charge is -2.33. The van der Waals surface area contributed by atoms with Gasteiger partial charge in [-0.15, -0.1) is 11.6 Å². The molecule has 1 unspecified atom stereocenters. The Kier molecular flexibility index (Phi) is 5.98. The molecule has 1 aliphatic rings. The molecule has 2 rings (SSSR count). The second kappa shape index (κ2) is 7.78. The summed E-state index contributed by atoms with van der Waals surface area (Å²) in [6, 6.07) is 10.6. The van der Waals surface area contributed by atoms with Crippen LogP contribution in [0.15, 0.2) is 30.3 Å². The molecule has 1 fully saturated rings. The topological polar surface area (TPSA) is 12.5 Å². The highest BCUT2D eigenvalue weighted by Crippen LogP contribution is 2.13. The van der Waals surface area contributed by atoms with Gasteiger partial charge in [0.05, 0.1) is 13.2 Å². The van der Waals surface area contributed by atoms with E-state index in [1.54, 1.807) is 0 Å². The highest BCUT2D eigenvalue weighted by molar-refractivity contribution is 6.18. The van der Waals surface area contributed by atoms with Gasteiger partial charge in [0, 0.05) is 11.9 Å². The molecule has 0 spiro atoms. The monoisotopic (exact) mass is 266 g/mol. The molecule has 0 bridgehead atoms. The third-order valence-electron chi connectivity index (χ3n) is 3.36. The first-order valence-corrected chi connectivity index (χ1v) is 7.17. The van der Waals surface area contributed by atoms with E-state index in [1.807, 2.05) is 18.2 Å². The Hall–Kier alpha value is -0.570. The molecular weight excluding hydrogens is 246 g/mol. The molecule has 99 valence electrons. The van der Waals surface area contributed by atoms with E-state index in [0.717, 1.165) is 19.7 Å². The standard InChI is InChI=1S/C15H21ClNO/c16-11-15(17-9-5-2-6-10-17)13-18-12-14-7-3-1-4-8-14/h1-4,7-8,15H,5-6,9-13H2. The maximum absolute atomic E-state index is 6.05. The Morgan fingerprint density at radius 2 is 1.89 bits per heavy atom. The second-order valence-corrected chi connectivity index (χ2v) is 5.02. The Balaban J connectivity index is 1.73. The van der Waals surface area contributed by atoms with Crippen LogP contribution >= 0.6 is 11.6 Å². The molecule has 18 heavy (non-hydrogen) atoms. The van der Waals surface area contributed by atoms with E-state index in [9.17, 15) is 0 Å². The molecule has 0 amide bonds. The fraction of sp³-hybridized carbons (Fsp3) is 0.533. The van der Waals surface area contributed by atoms with Crippen LogP contribution in [0.4, 0.5) is 0 Å². The molecule has 1 aromatic carbocycles. The number of benzene rings is 1. The third-order valence-corrected chi connectivity index (χ3v) is 3.71. The van der Waals surface area contributed by atoms with Gasteiger partial charge in [0.1, 0.15) is 0 Å². The number of ether oxygens (including phenoxy) is 1. The minimum Gasteiger partial charge on any atom is -0.375 e. The molecule has 1 saturated heterocycles. The van der Waals surface area contributed by atoms with Crippen LogP contribution in [0.25, 0.3) is 0 Å². The molecule has 1 aromatic rings. The van der Waals surface area contributed by atoms with Gasteiger partial charge in [0.2, 0.25) is 0 Å². The number of alkyl halides is 1. The highest BCUT2D eigenvalue weighted by atomic mass is 35.5. The predicted octanol–water partition coefficient (Wildman–Crippen LogP) is 3.11. The molecule has 0 aliphatic carbocycles. The first-order chi connectivity index (χ1) is 8.90. The van der Waals surface area contributed by atoms with E-state index in [4.69, 9.17) is 16.3 Å². The van der Waals surface area contributed by atoms with Crippen molar-refractivity contribution in [1.29, 1.82) is 0 Å². The van der Waals surface area contributed by atoms with E-state index in [0.29, 0.717) is 18.5 Å². The van der Waals surface area contributed by atoms with Gasteiger partial charge in [-0.1, -0.05) is 30.3 Å². The van der Waals surface area contributed by atoms with Gasteiger partial charge in [-0.25, -0.2) is 0 Å². The third kappa shape index (κ3) is 4.27. The zero-order valence-electron chi connectivity index (χ0n) is 10.7. The number of hydrogen-bond acceptors (Lipinski definition) is 2. The first kappa shape index (κ1) is 13.9. The molecule has 1 radical (unpaired) electrons. The van der Waals surface area contributed by atoms with Crippen molar-refractivity contribution >= 4 is 11.6 Å². The van der Waals surface area contributed by atoms with Gasteiger partial charge in [0.15, 0.2) is 0 Å². The fourth-order valence-electron chi connectivity index (χ4n) is 2.27. The van der Waals surface area contributed by atoms with Crippen molar-refractivity contribution in [1.82, 2.24) is 4.90 Å². The summed E-state index contributed by atoms with van der Waals surface area (Å²) in [5.41, 5.74) is 1.22. The quantitative estimate of drug-likeness (QED) is 0.734. The summed E-state index contributed by atoms with van der Waals surface area (Å²) in [6.07, 6.45) is 4.70. The Morgan fingerprint density at radius 1 is 1.17 bits per heavy atom. The Morgan fingerprint density at radius 3 is 2.56 bits per heavy atom. The molecule has 0 saturated carbocycles. The van der Waals surface area contributed by atoms with Gasteiger partial charge in [0.25, 0.3) is 0 Å². The van der Waals surface area contributed by atoms with Crippen LogP contribution in [0, 0.1) is 6.42 Å². The largest absolute Gasteiger partial charge is 0.375 e. The number of piperidine rings is 1. The average Bonchev–Trinajstić information content (AvgIpc) is 2.46. The van der Waals surface area contributed by atoms with Gasteiger partial charge < -0.3 is 4.74 Å². The Labute approximate surface area is 115 Å². The van der Waals surface area contributed by atoms with Crippen LogP contribution in [0.2, 0.25) is 0 Å². The summed E-state index contributed by atoms with van der Waals surface area (Å²) >= 11 is 6.05. The van der Waals surface area contributed by atoms with Gasteiger partial charge in [-0.05, 0) is 37.9 Å². The zero-order valence-corrected chi connectivity index (χ0v) is 11.5. The summed E-state index contributed by atoms with van der Waals surface area (Å²) in [5, 5.41) is 0. The summed E-state index contributed by atoms with van der Waals surface area (Å²) in [5.74, 6) is 0.648. The highest BCUT2D eigenvalue weighted by Gasteiger charge is 2.19. The van der Waals surface area contributed by atoms with Crippen molar-refractivity contribution in [2.75, 3.05) is 25.6 Å². The SMILES string of the molecule is ClCC(COCc1ccccc1)N1CC[CH]CC1. The lowest BCUT2D eigenvalue weighted by molar-refractivity contribution is 0.0547. The van der Waals surface area contributed by atoms with Crippen molar-refractivity contribution in [2.45, 2.75) is 25.5 Å². The average molecular weight is 267 g/mol. The number of rotatable bonds is 6. The second-order valence-electron chi connectivity index (χ2n) is 4.71. The van der Waals surface area contributed by atoms with Gasteiger partial charge >= 0.3 is 0 Å². The molecule has 0 N–H and O–H groups in total. The van der Waals surface area contributed by atoms with Crippen LogP contribution in [-0.4, -0.2) is 36.5 Å². The van der Waals surface area contributed by atoms with Gasteiger partial charge in [-0.3, -0.25) is 4.90 Å². The van der Waals surface area contributed by atoms with Crippen LogP contribution in [0.3, 0.4) is 0 Å². The van der Waals surface area contributed by atoms with Crippen LogP contribution < -0.4 is 0 Å². The molecule has 1 atom stereocenters. The van der Waals surface area contributed by atoms with Crippen molar-refractivity contribution in [2.24, 2.45) is 0 Å². The number of halogens is 1. The molecule has 3 heteroatoms. The molecule has 1 heterocycles. The predicted molar refractivity (Wildman–Crippen MR) is 75.7 cm³/mol. The van der Waals surface area contributed by atoms with Gasteiger partial charge in [-0.2, -0.15) is 0 Å². The van der Waals surface area contributed by atoms with Crippen LogP contribution in [-0.2, 0) is 11.3 Å². The normalized spacial score (nSPS) is 18.7. The van der Waals surface area contributed by atoms with Crippen molar-refractivity contribution in [3.63, 3.8) is 0 Å². The van der Waals surface area contributed by atoms with Crippen molar-refractivity contribution < 1.29 is 4.74 Å². The number of hydrogen-bond donors (Lipinski definition) is 0. The Bertz CT molecular complexity index is 325. The van der Waals surface area contributed by atoms with E-state index < -0.39 is 0 Å². The molecule has 0 aromatic heterocycles. The minimum atomic E-state index is 0.351. The summed E-state index contributed by atoms with van der Waals surface area (Å²) in [7, 11) is 0. The zero-order chi connectivity index (χ0) is 12.6. The summed E-state index contributed by atoms with van der Waals surface area (Å²) < 4.78 is 5.79. The summed E-state index contributed by atoms with van der Waals surface area (Å²) in [6.45, 7) is 3.63. The van der Waals surface area contributed by atoms with Crippen molar-refractivity contribution in [3.05, 3.63) is 42.3 Å². The van der Waals surface area contributed by atoms with Crippen LogP contribution in [0.5, 0.6) is 0 Å². The maximum Gasteiger partial charge on any atom is 0.0717 e. The van der Waals surface area contributed by atoms with Crippen LogP contribution in [0.1, 0.15) is 18.4 Å². The number of nitrogens with zero attached hydrogens (tertiary/aromatic N) is 1. The maximum atomic E-state index is 6.05. The molecule has 1 aliphatic heterocycles. The molecule has 2 nitrogen and oxygen atoms in total. The summed E-state index contributed by atoms with van der Waals surface area (Å²) in [4.78, 5) is 2.44. The smallest absolute Gasteiger partial charge is 0.0717 e. The number of likely N-dealkylation sites (tertiary alicyclic amines) is 1. The van der Waals surface area contributed by atoms with E-state index in [1.165, 1.54) is 18.4 Å². The first-order valence-electron chi connectivity index (χ1n) is 6.63. The molecular formula is C15H21ClNO. The van der Waals surface area contributed by atoms with E-state index in [-0.39, 0.29) is 0 Å². The van der Waals surface area contributed by atoms with Crippen molar-refractivity contribution in [3.8, 4) is 0 Å². The fourth-order valence-corrected chi connectivity index (χ4v) is 2.55. The van der Waals surface area contributed by atoms with E-state index >= 15 is 0 Å². The lowest BCUT2D eigenvalue weighted by atomic mass is 10.1.